The van der Waals surface area contributed by atoms with Crippen molar-refractivity contribution >= 4 is 28.7 Å². The molecule has 150 valence electrons. The lowest BCUT2D eigenvalue weighted by atomic mass is 10.0. The molecular weight excluding hydrogens is 376 g/mol. The van der Waals surface area contributed by atoms with E-state index in [0.717, 1.165) is 46.5 Å². The topological polar surface area (TPSA) is 139 Å². The van der Waals surface area contributed by atoms with E-state index in [9.17, 15) is 14.4 Å². The van der Waals surface area contributed by atoms with Crippen molar-refractivity contribution in [1.29, 1.82) is 0 Å². The number of carboxylic acids is 2. The van der Waals surface area contributed by atoms with Gasteiger partial charge in [-0.25, -0.2) is 14.6 Å². The minimum absolute atomic E-state index is 0.0936. The van der Waals surface area contributed by atoms with Gasteiger partial charge >= 0.3 is 11.9 Å². The molecule has 4 N–H and O–H groups in total. The molecule has 3 heterocycles. The number of amides is 1. The Morgan fingerprint density at radius 2 is 1.90 bits per heavy atom. The number of aromatic amines is 2. The molecule has 0 radical (unpaired) electrons. The minimum Gasteiger partial charge on any atom is -0.478 e. The Hall–Kier alpha value is -3.88. The molecule has 3 aromatic rings. The normalized spacial score (nSPS) is 13.3. The van der Waals surface area contributed by atoms with Crippen LogP contribution in [0.25, 0.3) is 10.9 Å². The number of hydrogen-bond donors (Lipinski definition) is 4. The van der Waals surface area contributed by atoms with Crippen molar-refractivity contribution in [3.05, 3.63) is 65.4 Å². The van der Waals surface area contributed by atoms with E-state index in [-0.39, 0.29) is 5.91 Å². The van der Waals surface area contributed by atoms with Gasteiger partial charge in [0.1, 0.15) is 0 Å². The number of nitrogens with zero attached hydrogens (tertiary/aromatic N) is 2. The van der Waals surface area contributed by atoms with Crippen LogP contribution in [0.5, 0.6) is 0 Å². The largest absolute Gasteiger partial charge is 0.478 e. The van der Waals surface area contributed by atoms with Gasteiger partial charge in [-0.15, -0.1) is 0 Å². The summed E-state index contributed by atoms with van der Waals surface area (Å²) in [5.41, 5.74) is 4.87. The summed E-state index contributed by atoms with van der Waals surface area (Å²) in [4.78, 5) is 44.5. The number of imidazole rings is 1. The van der Waals surface area contributed by atoms with Crippen LogP contribution < -0.4 is 0 Å². The van der Waals surface area contributed by atoms with Gasteiger partial charge in [-0.3, -0.25) is 4.79 Å². The second-order valence-electron chi connectivity index (χ2n) is 6.48. The number of carbonyl (C=O) groups excluding carboxylic acids is 1. The highest BCUT2D eigenvalue weighted by molar-refractivity contribution is 6.08. The summed E-state index contributed by atoms with van der Waals surface area (Å²) in [6.07, 6.45) is 3.65. The predicted octanol–water partition coefficient (Wildman–Crippen LogP) is 2.11. The first-order valence-electron chi connectivity index (χ1n) is 8.88. The van der Waals surface area contributed by atoms with Gasteiger partial charge in [0.15, 0.2) is 0 Å². The van der Waals surface area contributed by atoms with E-state index < -0.39 is 11.9 Å². The lowest BCUT2D eigenvalue weighted by Crippen LogP contribution is -2.37. The SMILES string of the molecule is Cc1[nH]cnc1CN1CCc2[nH]c3ccccc3c2C1=O.O=C(O)C=CC(=O)O. The molecule has 0 saturated heterocycles. The highest BCUT2D eigenvalue weighted by atomic mass is 16.4. The monoisotopic (exact) mass is 396 g/mol. The fraction of sp³-hybridized carbons (Fsp3) is 0.200. The molecule has 1 aliphatic rings. The Morgan fingerprint density at radius 1 is 1.21 bits per heavy atom. The highest BCUT2D eigenvalue weighted by Gasteiger charge is 2.28. The average Bonchev–Trinajstić information content (AvgIpc) is 3.26. The first-order chi connectivity index (χ1) is 13.9. The number of carbonyl (C=O) groups is 3. The van der Waals surface area contributed by atoms with E-state index in [2.05, 4.69) is 15.0 Å². The van der Waals surface area contributed by atoms with E-state index in [1.165, 1.54) is 0 Å². The Morgan fingerprint density at radius 3 is 2.52 bits per heavy atom. The maximum Gasteiger partial charge on any atom is 0.328 e. The Kier molecular flexibility index (Phi) is 5.77. The van der Waals surface area contributed by atoms with Gasteiger partial charge in [-0.05, 0) is 13.0 Å². The molecular formula is C20H20N4O5. The van der Waals surface area contributed by atoms with Crippen molar-refractivity contribution in [3.8, 4) is 0 Å². The van der Waals surface area contributed by atoms with Gasteiger partial charge in [0.05, 0.1) is 24.1 Å². The zero-order chi connectivity index (χ0) is 21.0. The summed E-state index contributed by atoms with van der Waals surface area (Å²) < 4.78 is 0. The summed E-state index contributed by atoms with van der Waals surface area (Å²) in [6, 6.07) is 7.98. The van der Waals surface area contributed by atoms with Crippen molar-refractivity contribution in [1.82, 2.24) is 19.9 Å². The molecule has 1 amide bonds. The Balaban J connectivity index is 0.000000258. The van der Waals surface area contributed by atoms with Crippen LogP contribution in [-0.2, 0) is 22.6 Å². The highest BCUT2D eigenvalue weighted by Crippen LogP contribution is 2.28. The van der Waals surface area contributed by atoms with Gasteiger partial charge < -0.3 is 25.1 Å². The second-order valence-corrected chi connectivity index (χ2v) is 6.48. The van der Waals surface area contributed by atoms with Crippen LogP contribution in [0.3, 0.4) is 0 Å². The number of para-hydroxylation sites is 1. The van der Waals surface area contributed by atoms with Crippen molar-refractivity contribution in [2.45, 2.75) is 19.9 Å². The number of fused-ring (bicyclic) bond motifs is 3. The summed E-state index contributed by atoms with van der Waals surface area (Å²) in [5, 5.41) is 16.6. The number of H-pyrrole nitrogens is 2. The molecule has 0 aliphatic carbocycles. The van der Waals surface area contributed by atoms with E-state index in [4.69, 9.17) is 10.2 Å². The summed E-state index contributed by atoms with van der Waals surface area (Å²) in [6.45, 7) is 3.27. The van der Waals surface area contributed by atoms with Crippen LogP contribution in [0.4, 0.5) is 0 Å². The van der Waals surface area contributed by atoms with Gasteiger partial charge in [0, 0.05) is 47.4 Å². The van der Waals surface area contributed by atoms with Gasteiger partial charge in [0.2, 0.25) is 0 Å². The molecule has 9 heteroatoms. The predicted molar refractivity (Wildman–Crippen MR) is 104 cm³/mol. The molecule has 9 nitrogen and oxygen atoms in total. The number of aliphatic carboxylic acids is 2. The van der Waals surface area contributed by atoms with E-state index in [1.807, 2.05) is 36.1 Å². The van der Waals surface area contributed by atoms with E-state index in [0.29, 0.717) is 18.7 Å². The van der Waals surface area contributed by atoms with Gasteiger partial charge in [-0.1, -0.05) is 18.2 Å². The van der Waals surface area contributed by atoms with E-state index in [1.54, 1.807) is 6.33 Å². The average molecular weight is 396 g/mol. The molecule has 0 bridgehead atoms. The third-order valence-electron chi connectivity index (χ3n) is 4.56. The third kappa shape index (κ3) is 4.52. The third-order valence-corrected chi connectivity index (χ3v) is 4.56. The summed E-state index contributed by atoms with van der Waals surface area (Å²) >= 11 is 0. The Bertz CT molecular complexity index is 1080. The number of carboxylic acid groups (broad SMARTS) is 2. The molecule has 0 atom stereocenters. The van der Waals surface area contributed by atoms with Crippen LogP contribution in [0.1, 0.15) is 27.4 Å². The molecule has 29 heavy (non-hydrogen) atoms. The number of rotatable bonds is 4. The van der Waals surface area contributed by atoms with Crippen LogP contribution in [0, 0.1) is 6.92 Å². The zero-order valence-corrected chi connectivity index (χ0v) is 15.7. The maximum atomic E-state index is 12.8. The lowest BCUT2D eigenvalue weighted by Gasteiger charge is -2.26. The first kappa shape index (κ1) is 19.9. The zero-order valence-electron chi connectivity index (χ0n) is 15.7. The number of benzene rings is 1. The van der Waals surface area contributed by atoms with Crippen LogP contribution >= 0.6 is 0 Å². The molecule has 1 aromatic carbocycles. The quantitative estimate of drug-likeness (QED) is 0.498. The molecule has 0 fully saturated rings. The molecule has 0 saturated carbocycles. The molecule has 1 aliphatic heterocycles. The summed E-state index contributed by atoms with van der Waals surface area (Å²) in [7, 11) is 0. The smallest absolute Gasteiger partial charge is 0.328 e. The first-order valence-corrected chi connectivity index (χ1v) is 8.88. The van der Waals surface area contributed by atoms with Crippen LogP contribution in [-0.4, -0.2) is 54.5 Å². The minimum atomic E-state index is -1.26. The molecule has 4 rings (SSSR count). The van der Waals surface area contributed by atoms with Crippen molar-refractivity contribution < 1.29 is 24.6 Å². The molecule has 0 unspecified atom stereocenters. The number of aromatic nitrogens is 3. The van der Waals surface area contributed by atoms with E-state index >= 15 is 0 Å². The fourth-order valence-electron chi connectivity index (χ4n) is 3.16. The standard InChI is InChI=1S/C16H16N4O.C4H4O4/c1-10-14(18-9-17-10)8-20-7-6-13-15(16(20)21)11-4-2-3-5-12(11)19-13;5-3(6)1-2-4(7)8/h2-5,9,19H,6-8H2,1H3,(H,17,18);1-2H,(H,5,6)(H,7,8). The van der Waals surface area contributed by atoms with Crippen molar-refractivity contribution in [2.75, 3.05) is 6.54 Å². The lowest BCUT2D eigenvalue weighted by molar-refractivity contribution is -0.134. The number of nitrogens with one attached hydrogen (secondary N) is 2. The van der Waals surface area contributed by atoms with Crippen molar-refractivity contribution in [2.24, 2.45) is 0 Å². The van der Waals surface area contributed by atoms with Crippen molar-refractivity contribution in [3.63, 3.8) is 0 Å². The number of hydrogen-bond acceptors (Lipinski definition) is 4. The maximum absolute atomic E-state index is 12.8. The Labute approximate surface area is 165 Å². The summed E-state index contributed by atoms with van der Waals surface area (Å²) in [5.74, 6) is -2.42. The number of aryl methyl sites for hydroxylation is 1. The van der Waals surface area contributed by atoms with Crippen LogP contribution in [0.15, 0.2) is 42.7 Å². The van der Waals surface area contributed by atoms with Crippen LogP contribution in [0.2, 0.25) is 0 Å². The van der Waals surface area contributed by atoms with Gasteiger partial charge in [0.25, 0.3) is 5.91 Å². The fourth-order valence-corrected chi connectivity index (χ4v) is 3.16. The molecule has 2 aromatic heterocycles. The van der Waals surface area contributed by atoms with Gasteiger partial charge in [-0.2, -0.15) is 0 Å². The molecule has 0 spiro atoms. The second kappa shape index (κ2) is 8.42.